The van der Waals surface area contributed by atoms with Gasteiger partial charge in [-0.25, -0.2) is 4.98 Å². The van der Waals surface area contributed by atoms with Gasteiger partial charge in [-0.15, -0.1) is 0 Å². The maximum atomic E-state index is 6.23. The van der Waals surface area contributed by atoms with E-state index in [0.29, 0.717) is 15.9 Å². The van der Waals surface area contributed by atoms with Crippen LogP contribution < -0.4 is 5.73 Å². The molecule has 3 nitrogen and oxygen atoms in total. The topological polar surface area (TPSA) is 43.8 Å². The highest BCUT2D eigenvalue weighted by atomic mass is 35.5. The number of nitrogen functional groups attached to an aromatic ring is 1. The summed E-state index contributed by atoms with van der Waals surface area (Å²) in [5.74, 6) is 1.62. The van der Waals surface area contributed by atoms with Gasteiger partial charge in [0.2, 0.25) is 0 Å². The lowest BCUT2D eigenvalue weighted by molar-refractivity contribution is 0.579. The number of rotatable bonds is 3. The average molecular weight is 298 g/mol. The zero-order valence-corrected chi connectivity index (χ0v) is 12.8. The first-order valence-electron chi connectivity index (χ1n) is 6.27. The van der Waals surface area contributed by atoms with Crippen LogP contribution in [0.5, 0.6) is 0 Å². The van der Waals surface area contributed by atoms with Crippen molar-refractivity contribution in [1.82, 2.24) is 9.55 Å². The van der Waals surface area contributed by atoms with Crippen LogP contribution in [0.1, 0.15) is 32.6 Å². The van der Waals surface area contributed by atoms with E-state index in [1.165, 1.54) is 0 Å². The highest BCUT2D eigenvalue weighted by molar-refractivity contribution is 6.36. The van der Waals surface area contributed by atoms with Gasteiger partial charge in [0.25, 0.3) is 0 Å². The van der Waals surface area contributed by atoms with Gasteiger partial charge < -0.3 is 10.3 Å². The number of hydrogen-bond acceptors (Lipinski definition) is 2. The van der Waals surface area contributed by atoms with Crippen LogP contribution >= 0.6 is 23.2 Å². The van der Waals surface area contributed by atoms with E-state index in [0.717, 1.165) is 23.5 Å². The van der Waals surface area contributed by atoms with Crippen molar-refractivity contribution in [1.29, 1.82) is 0 Å². The van der Waals surface area contributed by atoms with Crippen molar-refractivity contribution in [2.45, 2.75) is 33.2 Å². The van der Waals surface area contributed by atoms with E-state index in [2.05, 4.69) is 25.8 Å². The Hall–Kier alpha value is -1.19. The van der Waals surface area contributed by atoms with E-state index in [1.807, 2.05) is 10.6 Å². The van der Waals surface area contributed by atoms with E-state index in [9.17, 15) is 0 Å². The Labute approximate surface area is 123 Å². The smallest absolute Gasteiger partial charge is 0.132 e. The quantitative estimate of drug-likeness (QED) is 0.901. The molecular formula is C14H17Cl2N3. The molecule has 2 N–H and O–H groups in total. The molecule has 0 atom stereocenters. The molecular weight excluding hydrogens is 281 g/mol. The Kier molecular flexibility index (Phi) is 4.07. The van der Waals surface area contributed by atoms with E-state index < -0.39 is 0 Å². The number of nitrogens with zero attached hydrogens (tertiary/aromatic N) is 2. The first kappa shape index (κ1) is 14.2. The fourth-order valence-electron chi connectivity index (χ4n) is 2.20. The molecule has 0 aliphatic rings. The molecule has 5 heteroatoms. The molecule has 0 saturated heterocycles. The minimum atomic E-state index is 0.266. The number of aryl methyl sites for hydroxylation is 1. The second-order valence-corrected chi connectivity index (χ2v) is 5.55. The number of nitrogens with two attached hydrogens (primary N) is 1. The van der Waals surface area contributed by atoms with Gasteiger partial charge in [0.1, 0.15) is 17.3 Å². The molecule has 1 aromatic heterocycles. The number of anilines is 1. The van der Waals surface area contributed by atoms with Gasteiger partial charge in [0.05, 0.1) is 5.02 Å². The van der Waals surface area contributed by atoms with Crippen LogP contribution in [0.3, 0.4) is 0 Å². The van der Waals surface area contributed by atoms with Crippen LogP contribution in [-0.4, -0.2) is 9.55 Å². The van der Waals surface area contributed by atoms with Gasteiger partial charge in [-0.1, -0.05) is 30.1 Å². The van der Waals surface area contributed by atoms with Crippen molar-refractivity contribution in [3.05, 3.63) is 34.1 Å². The zero-order chi connectivity index (χ0) is 14.2. The Morgan fingerprint density at radius 1 is 1.32 bits per heavy atom. The second-order valence-electron chi connectivity index (χ2n) is 4.70. The summed E-state index contributed by atoms with van der Waals surface area (Å²) in [4.78, 5) is 4.62. The molecule has 2 rings (SSSR count). The molecule has 0 unspecified atom stereocenters. The summed E-state index contributed by atoms with van der Waals surface area (Å²) in [5.41, 5.74) is 7.77. The molecule has 0 saturated carbocycles. The average Bonchev–Trinajstić information content (AvgIpc) is 2.66. The summed E-state index contributed by atoms with van der Waals surface area (Å²) in [6, 6.07) is 5.62. The van der Waals surface area contributed by atoms with Crippen LogP contribution in [0.2, 0.25) is 10.0 Å². The summed E-state index contributed by atoms with van der Waals surface area (Å²) in [6.45, 7) is 6.24. The normalized spacial score (nSPS) is 11.3. The minimum absolute atomic E-state index is 0.266. The van der Waals surface area contributed by atoms with Gasteiger partial charge in [-0.2, -0.15) is 0 Å². The van der Waals surface area contributed by atoms with E-state index in [1.54, 1.807) is 12.1 Å². The Bertz CT molecular complexity index is 603. The van der Waals surface area contributed by atoms with Crippen LogP contribution in [0, 0.1) is 0 Å². The van der Waals surface area contributed by atoms with Crippen LogP contribution in [0.25, 0.3) is 11.3 Å². The number of halogens is 2. The van der Waals surface area contributed by atoms with Crippen molar-refractivity contribution < 1.29 is 0 Å². The zero-order valence-electron chi connectivity index (χ0n) is 11.2. The lowest BCUT2D eigenvalue weighted by Gasteiger charge is -2.12. The van der Waals surface area contributed by atoms with Crippen LogP contribution in [0.15, 0.2) is 18.2 Å². The minimum Gasteiger partial charge on any atom is -0.383 e. The summed E-state index contributed by atoms with van der Waals surface area (Å²) in [6.07, 6.45) is 0.827. The predicted octanol–water partition coefficient (Wildman–Crippen LogP) is 4.58. The van der Waals surface area contributed by atoms with Crippen molar-refractivity contribution in [3.63, 3.8) is 0 Å². The number of imidazole rings is 1. The molecule has 0 bridgehead atoms. The van der Waals surface area contributed by atoms with Gasteiger partial charge in [-0.05, 0) is 32.0 Å². The van der Waals surface area contributed by atoms with Gasteiger partial charge in [0, 0.05) is 23.0 Å². The highest BCUT2D eigenvalue weighted by Gasteiger charge is 2.18. The number of aromatic nitrogens is 2. The molecule has 2 aromatic rings. The predicted molar refractivity (Wildman–Crippen MR) is 81.9 cm³/mol. The summed E-state index contributed by atoms with van der Waals surface area (Å²) >= 11 is 12.1. The second kappa shape index (κ2) is 5.43. The maximum Gasteiger partial charge on any atom is 0.132 e. The molecule has 19 heavy (non-hydrogen) atoms. The van der Waals surface area contributed by atoms with Gasteiger partial charge in [-0.3, -0.25) is 0 Å². The van der Waals surface area contributed by atoms with E-state index in [-0.39, 0.29) is 6.04 Å². The third-order valence-corrected chi connectivity index (χ3v) is 3.59. The fraction of sp³-hybridized carbons (Fsp3) is 0.357. The first-order chi connectivity index (χ1) is 8.95. The lowest BCUT2D eigenvalue weighted by atomic mass is 10.1. The van der Waals surface area contributed by atoms with E-state index in [4.69, 9.17) is 28.9 Å². The third-order valence-electron chi connectivity index (χ3n) is 3.04. The molecule has 0 amide bonds. The first-order valence-corrected chi connectivity index (χ1v) is 7.03. The van der Waals surface area contributed by atoms with Crippen molar-refractivity contribution in [2.24, 2.45) is 0 Å². The van der Waals surface area contributed by atoms with Crippen LogP contribution in [-0.2, 0) is 6.42 Å². The summed E-state index contributed by atoms with van der Waals surface area (Å²) in [7, 11) is 0. The standard InChI is InChI=1S/C14H17Cl2N3/c1-4-12-18-13(14(17)19(12)8(2)3)10-6-5-9(15)7-11(10)16/h5-8H,4,17H2,1-3H3. The molecule has 1 heterocycles. The summed E-state index contributed by atoms with van der Waals surface area (Å²) in [5, 5.41) is 1.17. The molecule has 0 aliphatic heterocycles. The summed E-state index contributed by atoms with van der Waals surface area (Å²) < 4.78 is 2.04. The largest absolute Gasteiger partial charge is 0.383 e. The maximum absolute atomic E-state index is 6.23. The Balaban J connectivity index is 2.63. The number of hydrogen-bond donors (Lipinski definition) is 1. The molecule has 1 aromatic carbocycles. The van der Waals surface area contributed by atoms with E-state index >= 15 is 0 Å². The Morgan fingerprint density at radius 3 is 2.47 bits per heavy atom. The van der Waals surface area contributed by atoms with Gasteiger partial charge >= 0.3 is 0 Å². The van der Waals surface area contributed by atoms with Crippen LogP contribution in [0.4, 0.5) is 5.82 Å². The molecule has 102 valence electrons. The van der Waals surface area contributed by atoms with Crippen molar-refractivity contribution in [3.8, 4) is 11.3 Å². The van der Waals surface area contributed by atoms with Crippen molar-refractivity contribution in [2.75, 3.05) is 5.73 Å². The number of benzene rings is 1. The Morgan fingerprint density at radius 2 is 2.00 bits per heavy atom. The molecule has 0 aliphatic carbocycles. The fourth-order valence-corrected chi connectivity index (χ4v) is 2.70. The third kappa shape index (κ3) is 2.58. The SMILES string of the molecule is CCc1nc(-c2ccc(Cl)cc2Cl)c(N)n1C(C)C. The molecule has 0 fully saturated rings. The monoisotopic (exact) mass is 297 g/mol. The lowest BCUT2D eigenvalue weighted by Crippen LogP contribution is -2.08. The van der Waals surface area contributed by atoms with Gasteiger partial charge in [0.15, 0.2) is 0 Å². The van der Waals surface area contributed by atoms with Crippen molar-refractivity contribution >= 4 is 29.0 Å². The highest BCUT2D eigenvalue weighted by Crippen LogP contribution is 2.35. The molecule has 0 spiro atoms. The molecule has 0 radical (unpaired) electrons.